The monoisotopic (exact) mass is 478 g/mol. The number of aromatic nitrogens is 2. The summed E-state index contributed by atoms with van der Waals surface area (Å²) in [5, 5.41) is 5.92. The Morgan fingerprint density at radius 2 is 1.81 bits per heavy atom. The molecule has 0 atom stereocenters. The summed E-state index contributed by atoms with van der Waals surface area (Å²) in [7, 11) is 0. The highest BCUT2D eigenvalue weighted by Crippen LogP contribution is 2.26. The van der Waals surface area contributed by atoms with Crippen LogP contribution >= 0.6 is 34.8 Å². The van der Waals surface area contributed by atoms with Crippen LogP contribution in [0.25, 0.3) is 6.08 Å². The van der Waals surface area contributed by atoms with Crippen LogP contribution in [0, 0.1) is 13.8 Å². The van der Waals surface area contributed by atoms with Gasteiger partial charge in [-0.15, -0.1) is 0 Å². The number of halogens is 3. The Bertz CT molecular complexity index is 1090. The molecule has 0 aliphatic heterocycles. The summed E-state index contributed by atoms with van der Waals surface area (Å²) in [5.41, 5.74) is 3.30. The molecule has 0 radical (unpaired) electrons. The van der Waals surface area contributed by atoms with Gasteiger partial charge in [0.15, 0.2) is 0 Å². The Balaban J connectivity index is 1.55. The van der Waals surface area contributed by atoms with Crippen LogP contribution in [0.2, 0.25) is 15.2 Å². The Morgan fingerprint density at radius 1 is 1.06 bits per heavy atom. The van der Waals surface area contributed by atoms with E-state index < -0.39 is 5.97 Å². The zero-order valence-corrected chi connectivity index (χ0v) is 19.3. The first kappa shape index (κ1) is 23.2. The van der Waals surface area contributed by atoms with Gasteiger partial charge in [-0.1, -0.05) is 58.6 Å². The molecule has 5 nitrogen and oxygen atoms in total. The van der Waals surface area contributed by atoms with Gasteiger partial charge in [-0.3, -0.25) is 0 Å². The summed E-state index contributed by atoms with van der Waals surface area (Å²) in [4.78, 5) is 12.0. The van der Waals surface area contributed by atoms with Crippen molar-refractivity contribution < 1.29 is 14.3 Å². The number of benzene rings is 2. The first-order valence-corrected chi connectivity index (χ1v) is 10.7. The van der Waals surface area contributed by atoms with E-state index in [1.807, 2.05) is 44.2 Å². The van der Waals surface area contributed by atoms with E-state index in [4.69, 9.17) is 44.3 Å². The van der Waals surface area contributed by atoms with Crippen LogP contribution in [-0.4, -0.2) is 29.0 Å². The lowest BCUT2D eigenvalue weighted by atomic mass is 10.2. The molecule has 3 rings (SSSR count). The zero-order valence-electron chi connectivity index (χ0n) is 17.1. The molecule has 0 N–H and O–H groups in total. The lowest BCUT2D eigenvalue weighted by Crippen LogP contribution is -2.10. The number of esters is 1. The highest BCUT2D eigenvalue weighted by atomic mass is 35.5. The molecule has 1 aromatic heterocycles. The van der Waals surface area contributed by atoms with Gasteiger partial charge in [0.2, 0.25) is 0 Å². The first-order chi connectivity index (χ1) is 14.8. The van der Waals surface area contributed by atoms with E-state index in [0.717, 1.165) is 16.9 Å². The lowest BCUT2D eigenvalue weighted by molar-refractivity contribution is -0.138. The second-order valence-corrected chi connectivity index (χ2v) is 8.05. The van der Waals surface area contributed by atoms with Crippen LogP contribution in [0.1, 0.15) is 22.4 Å². The van der Waals surface area contributed by atoms with E-state index in [-0.39, 0.29) is 13.2 Å². The maximum Gasteiger partial charge on any atom is 0.330 e. The Kier molecular flexibility index (Phi) is 8.02. The number of hydrogen-bond donors (Lipinski definition) is 0. The molecule has 0 unspecified atom stereocenters. The Hall–Kier alpha value is -2.47. The topological polar surface area (TPSA) is 53.4 Å². The van der Waals surface area contributed by atoms with Crippen molar-refractivity contribution in [2.24, 2.45) is 0 Å². The van der Waals surface area contributed by atoms with Gasteiger partial charge in [-0.2, -0.15) is 5.10 Å². The van der Waals surface area contributed by atoms with Crippen molar-refractivity contribution in [1.29, 1.82) is 0 Å². The second-order valence-electron chi connectivity index (χ2n) is 6.85. The molecule has 0 fully saturated rings. The molecule has 1 heterocycles. The van der Waals surface area contributed by atoms with Gasteiger partial charge in [0.1, 0.15) is 24.1 Å². The van der Waals surface area contributed by atoms with Gasteiger partial charge in [0.05, 0.1) is 12.2 Å². The minimum Gasteiger partial charge on any atom is -0.490 e. The lowest BCUT2D eigenvalue weighted by Gasteiger charge is -2.06. The molecule has 3 aromatic rings. The fraction of sp³-hybridized carbons (Fsp3) is 0.217. The van der Waals surface area contributed by atoms with Crippen molar-refractivity contribution in [3.05, 3.63) is 86.1 Å². The summed E-state index contributed by atoms with van der Waals surface area (Å²) >= 11 is 18.6. The molecule has 162 valence electrons. The summed E-state index contributed by atoms with van der Waals surface area (Å²) in [6.07, 6.45) is 2.91. The molecule has 8 heteroatoms. The van der Waals surface area contributed by atoms with Crippen molar-refractivity contribution in [3.63, 3.8) is 0 Å². The smallest absolute Gasteiger partial charge is 0.330 e. The average Bonchev–Trinajstić information content (AvgIpc) is 3.00. The molecular weight excluding hydrogens is 459 g/mol. The molecule has 0 saturated carbocycles. The fourth-order valence-corrected chi connectivity index (χ4v) is 3.57. The van der Waals surface area contributed by atoms with Crippen molar-refractivity contribution in [2.75, 3.05) is 13.2 Å². The average molecular weight is 480 g/mol. The highest BCUT2D eigenvalue weighted by molar-refractivity contribution is 6.35. The minimum atomic E-state index is -0.489. The third kappa shape index (κ3) is 6.50. The van der Waals surface area contributed by atoms with E-state index in [9.17, 15) is 4.79 Å². The molecule has 0 amide bonds. The van der Waals surface area contributed by atoms with Crippen molar-refractivity contribution in [3.8, 4) is 5.75 Å². The first-order valence-electron chi connectivity index (χ1n) is 9.54. The molecule has 0 bridgehead atoms. The molecule has 0 spiro atoms. The second kappa shape index (κ2) is 10.7. The Morgan fingerprint density at radius 3 is 2.52 bits per heavy atom. The van der Waals surface area contributed by atoms with Crippen LogP contribution in [-0.2, 0) is 16.1 Å². The zero-order chi connectivity index (χ0) is 22.4. The molecule has 0 aliphatic rings. The number of rotatable bonds is 8. The van der Waals surface area contributed by atoms with Gasteiger partial charge in [-0.05, 0) is 49.8 Å². The highest BCUT2D eigenvalue weighted by Gasteiger charge is 2.13. The molecule has 0 aliphatic carbocycles. The third-order valence-electron chi connectivity index (χ3n) is 4.45. The van der Waals surface area contributed by atoms with Crippen LogP contribution < -0.4 is 4.74 Å². The normalized spacial score (nSPS) is 11.1. The van der Waals surface area contributed by atoms with Crippen LogP contribution in [0.5, 0.6) is 5.75 Å². The number of nitrogens with zero attached hydrogens (tertiary/aromatic N) is 2. The maximum absolute atomic E-state index is 12.0. The summed E-state index contributed by atoms with van der Waals surface area (Å²) < 4.78 is 12.3. The number of carbonyl (C=O) groups is 1. The van der Waals surface area contributed by atoms with Crippen LogP contribution in [0.15, 0.2) is 48.5 Å². The van der Waals surface area contributed by atoms with E-state index in [0.29, 0.717) is 33.0 Å². The third-order valence-corrected chi connectivity index (χ3v) is 5.43. The Labute approximate surface area is 196 Å². The van der Waals surface area contributed by atoms with E-state index in [1.54, 1.807) is 22.9 Å². The number of hydrogen-bond acceptors (Lipinski definition) is 4. The van der Waals surface area contributed by atoms with Crippen LogP contribution in [0.3, 0.4) is 0 Å². The van der Waals surface area contributed by atoms with Gasteiger partial charge < -0.3 is 9.47 Å². The van der Waals surface area contributed by atoms with E-state index in [1.165, 1.54) is 6.08 Å². The molecule has 31 heavy (non-hydrogen) atoms. The molecule has 2 aromatic carbocycles. The standard InChI is InChI=1S/C23H21Cl3N2O3/c1-15-3-7-19(8-4-15)30-11-12-31-22(29)10-9-20-16(2)27-28(23(20)26)14-17-5-6-18(24)13-21(17)25/h3-10,13H,11-12,14H2,1-2H3. The minimum absolute atomic E-state index is 0.137. The number of ether oxygens (including phenoxy) is 2. The van der Waals surface area contributed by atoms with Gasteiger partial charge >= 0.3 is 5.97 Å². The number of aryl methyl sites for hydroxylation is 2. The maximum atomic E-state index is 12.0. The summed E-state index contributed by atoms with van der Waals surface area (Å²) in [6, 6.07) is 12.9. The predicted molar refractivity (Wildman–Crippen MR) is 124 cm³/mol. The molecular formula is C23H21Cl3N2O3. The van der Waals surface area contributed by atoms with Gasteiger partial charge in [-0.25, -0.2) is 9.48 Å². The number of carbonyl (C=O) groups excluding carboxylic acids is 1. The van der Waals surface area contributed by atoms with Gasteiger partial charge in [0, 0.05) is 21.7 Å². The van der Waals surface area contributed by atoms with Crippen molar-refractivity contribution in [2.45, 2.75) is 20.4 Å². The quantitative estimate of drug-likeness (QED) is 0.221. The summed E-state index contributed by atoms with van der Waals surface area (Å²) in [5.74, 6) is 0.240. The fourth-order valence-electron chi connectivity index (χ4n) is 2.81. The van der Waals surface area contributed by atoms with Gasteiger partial charge in [0.25, 0.3) is 0 Å². The van der Waals surface area contributed by atoms with E-state index >= 15 is 0 Å². The molecule has 0 saturated heterocycles. The summed E-state index contributed by atoms with van der Waals surface area (Å²) in [6.45, 7) is 4.60. The van der Waals surface area contributed by atoms with Crippen molar-refractivity contribution >= 4 is 46.8 Å². The predicted octanol–water partition coefficient (Wildman–Crippen LogP) is 6.14. The van der Waals surface area contributed by atoms with Crippen molar-refractivity contribution in [1.82, 2.24) is 9.78 Å². The SMILES string of the molecule is Cc1ccc(OCCOC(=O)C=Cc2c(C)nn(Cc3ccc(Cl)cc3Cl)c2Cl)cc1. The largest absolute Gasteiger partial charge is 0.490 e. The van der Waals surface area contributed by atoms with Crippen LogP contribution in [0.4, 0.5) is 0 Å². The van der Waals surface area contributed by atoms with E-state index in [2.05, 4.69) is 5.10 Å².